The Morgan fingerprint density at radius 1 is 0.837 bits per heavy atom. The van der Waals surface area contributed by atoms with E-state index < -0.39 is 51.7 Å². The predicted octanol–water partition coefficient (Wildman–Crippen LogP) is 4.73. The fourth-order valence-electron chi connectivity index (χ4n) is 5.19. The molecule has 0 N–H and O–H groups in total. The molecule has 13 heteroatoms. The van der Waals surface area contributed by atoms with Gasteiger partial charge < -0.3 is 4.74 Å². The Morgan fingerprint density at radius 2 is 1.35 bits per heavy atom. The normalized spacial score (nSPS) is 19.1. The van der Waals surface area contributed by atoms with E-state index in [4.69, 9.17) is 4.74 Å². The van der Waals surface area contributed by atoms with Gasteiger partial charge in [0, 0.05) is 35.4 Å². The van der Waals surface area contributed by atoms with Crippen molar-refractivity contribution in [2.75, 3.05) is 6.54 Å². The van der Waals surface area contributed by atoms with Crippen LogP contribution in [-0.2, 0) is 9.59 Å². The summed E-state index contributed by atoms with van der Waals surface area (Å²) >= 11 is 0. The summed E-state index contributed by atoms with van der Waals surface area (Å²) < 4.78 is 5.68. The van der Waals surface area contributed by atoms with Crippen molar-refractivity contribution in [3.63, 3.8) is 0 Å². The number of ketones is 1. The number of nitro groups is 2. The van der Waals surface area contributed by atoms with Gasteiger partial charge in [-0.2, -0.15) is 5.01 Å². The summed E-state index contributed by atoms with van der Waals surface area (Å²) in [4.78, 5) is 74.8. The van der Waals surface area contributed by atoms with Gasteiger partial charge in [0.2, 0.25) is 0 Å². The molecular formula is C30H24N4O9. The van der Waals surface area contributed by atoms with Gasteiger partial charge in [0.05, 0.1) is 21.7 Å². The first-order chi connectivity index (χ1) is 20.5. The third kappa shape index (κ3) is 5.73. The van der Waals surface area contributed by atoms with Crippen LogP contribution in [0.3, 0.4) is 0 Å². The Balaban J connectivity index is 1.39. The SMILES string of the molecule is C[C@@H]1C=CC[C@H]2C(=O)N(N(CC(=O)c3ccc(Oc4ccc([N+](=O)[O-])cc4)cc3)C(=O)c3ccc([N+](=O)[O-])cc3)C(=O)[C@H]12. The summed E-state index contributed by atoms with van der Waals surface area (Å²) in [6.07, 6.45) is 3.97. The number of imide groups is 1. The molecule has 3 atom stereocenters. The van der Waals surface area contributed by atoms with Gasteiger partial charge in [-0.25, -0.2) is 5.01 Å². The maximum Gasteiger partial charge on any atom is 0.273 e. The molecule has 1 aliphatic heterocycles. The van der Waals surface area contributed by atoms with E-state index in [2.05, 4.69) is 0 Å². The third-order valence-electron chi connectivity index (χ3n) is 7.40. The van der Waals surface area contributed by atoms with Crippen LogP contribution in [0.2, 0.25) is 0 Å². The number of Topliss-reactive ketones (excluding diaryl/α,β-unsaturated/α-hetero) is 1. The number of non-ortho nitro benzene ring substituents is 2. The lowest BCUT2D eigenvalue weighted by molar-refractivity contribution is -0.385. The number of hydrogen-bond acceptors (Lipinski definition) is 9. The Kier molecular flexibility index (Phi) is 7.80. The Labute approximate surface area is 244 Å². The molecule has 3 aromatic rings. The highest BCUT2D eigenvalue weighted by molar-refractivity contribution is 6.10. The molecule has 0 bridgehead atoms. The van der Waals surface area contributed by atoms with E-state index in [1.165, 1.54) is 60.7 Å². The molecule has 0 unspecified atom stereocenters. The van der Waals surface area contributed by atoms with Crippen molar-refractivity contribution in [2.24, 2.45) is 17.8 Å². The van der Waals surface area contributed by atoms with Crippen LogP contribution in [0.5, 0.6) is 11.5 Å². The number of nitrogens with zero attached hydrogens (tertiary/aromatic N) is 4. The predicted molar refractivity (Wildman–Crippen MR) is 150 cm³/mol. The molecule has 0 spiro atoms. The smallest absolute Gasteiger partial charge is 0.273 e. The van der Waals surface area contributed by atoms with Gasteiger partial charge in [0.25, 0.3) is 29.1 Å². The molecule has 5 rings (SSSR count). The highest BCUT2D eigenvalue weighted by Crippen LogP contribution is 2.39. The van der Waals surface area contributed by atoms with Crippen molar-refractivity contribution in [1.29, 1.82) is 0 Å². The van der Waals surface area contributed by atoms with Crippen molar-refractivity contribution < 1.29 is 33.8 Å². The van der Waals surface area contributed by atoms with Crippen LogP contribution in [0.4, 0.5) is 11.4 Å². The molecule has 1 heterocycles. The fourth-order valence-corrected chi connectivity index (χ4v) is 5.19. The number of rotatable bonds is 9. The molecule has 1 fully saturated rings. The van der Waals surface area contributed by atoms with Gasteiger partial charge in [0.15, 0.2) is 5.78 Å². The average molecular weight is 585 g/mol. The van der Waals surface area contributed by atoms with Gasteiger partial charge in [-0.1, -0.05) is 19.1 Å². The molecule has 3 amide bonds. The fraction of sp³-hybridized carbons (Fsp3) is 0.200. The number of carbonyl (C=O) groups is 4. The third-order valence-corrected chi connectivity index (χ3v) is 7.40. The molecule has 0 saturated carbocycles. The van der Waals surface area contributed by atoms with Crippen LogP contribution >= 0.6 is 0 Å². The van der Waals surface area contributed by atoms with Crippen molar-refractivity contribution in [3.05, 3.63) is 116 Å². The summed E-state index contributed by atoms with van der Waals surface area (Å²) in [7, 11) is 0. The molecule has 0 radical (unpaired) electrons. The van der Waals surface area contributed by atoms with Gasteiger partial charge in [-0.15, -0.1) is 0 Å². The van der Waals surface area contributed by atoms with Gasteiger partial charge in [-0.3, -0.25) is 39.4 Å². The summed E-state index contributed by atoms with van der Waals surface area (Å²) in [5.41, 5.74) is -0.244. The number of ether oxygens (including phenoxy) is 1. The first-order valence-corrected chi connectivity index (χ1v) is 13.2. The number of amides is 3. The Morgan fingerprint density at radius 3 is 1.88 bits per heavy atom. The number of allylic oxidation sites excluding steroid dienone is 2. The van der Waals surface area contributed by atoms with Crippen LogP contribution in [0.25, 0.3) is 0 Å². The summed E-state index contributed by atoms with van der Waals surface area (Å²) in [6.45, 7) is 1.15. The van der Waals surface area contributed by atoms with E-state index in [0.717, 1.165) is 22.2 Å². The molecule has 1 aliphatic carbocycles. The zero-order chi connectivity index (χ0) is 30.8. The molecule has 3 aromatic carbocycles. The topological polar surface area (TPSA) is 170 Å². The standard InChI is InChI=1S/C30H24N4O9/c1-18-3-2-4-25-27(18)30(38)32(29(25)37)31(28(36)20-5-9-21(10-6-20)33(39)40)17-26(35)19-7-13-23(14-8-19)43-24-15-11-22(12-16-24)34(41)42/h2-3,5-16,18,25,27H,4,17H2,1H3/t18-,25-,27-/m1/s1. The quantitative estimate of drug-likeness (QED) is 0.113. The monoisotopic (exact) mass is 584 g/mol. The van der Waals surface area contributed by atoms with Crippen molar-refractivity contribution in [3.8, 4) is 11.5 Å². The maximum atomic E-state index is 13.7. The molecule has 0 aromatic heterocycles. The molecule has 1 saturated heterocycles. The largest absolute Gasteiger partial charge is 0.457 e. The van der Waals surface area contributed by atoms with Crippen LogP contribution in [-0.4, -0.2) is 49.9 Å². The van der Waals surface area contributed by atoms with Crippen LogP contribution < -0.4 is 4.74 Å². The number of fused-ring (bicyclic) bond motifs is 1. The van der Waals surface area contributed by atoms with Crippen LogP contribution in [0.1, 0.15) is 34.1 Å². The number of benzene rings is 3. The number of hydrazine groups is 1. The molecule has 218 valence electrons. The number of carbonyl (C=O) groups excluding carboxylic acids is 4. The Bertz CT molecular complexity index is 1650. The van der Waals surface area contributed by atoms with E-state index >= 15 is 0 Å². The van der Waals surface area contributed by atoms with Gasteiger partial charge in [-0.05, 0) is 60.9 Å². The molecular weight excluding hydrogens is 560 g/mol. The first-order valence-electron chi connectivity index (χ1n) is 13.2. The number of nitro benzene ring substituents is 2. The zero-order valence-electron chi connectivity index (χ0n) is 22.7. The summed E-state index contributed by atoms with van der Waals surface area (Å²) in [5.74, 6) is -3.57. The summed E-state index contributed by atoms with van der Waals surface area (Å²) in [6, 6.07) is 15.9. The highest BCUT2D eigenvalue weighted by atomic mass is 16.6. The van der Waals surface area contributed by atoms with E-state index in [1.54, 1.807) is 6.92 Å². The van der Waals surface area contributed by atoms with Crippen LogP contribution in [0.15, 0.2) is 84.9 Å². The van der Waals surface area contributed by atoms with Crippen LogP contribution in [0, 0.1) is 38.0 Å². The molecule has 2 aliphatic rings. The minimum atomic E-state index is -0.845. The lowest BCUT2D eigenvalue weighted by atomic mass is 9.78. The van der Waals surface area contributed by atoms with E-state index in [9.17, 15) is 39.4 Å². The highest BCUT2D eigenvalue weighted by Gasteiger charge is 2.53. The number of hydrogen-bond donors (Lipinski definition) is 0. The van der Waals surface area contributed by atoms with Crippen molar-refractivity contribution >= 4 is 34.9 Å². The summed E-state index contributed by atoms with van der Waals surface area (Å²) in [5, 5.41) is 23.5. The lowest BCUT2D eigenvalue weighted by Gasteiger charge is -2.30. The second kappa shape index (κ2) is 11.6. The maximum absolute atomic E-state index is 13.7. The zero-order valence-corrected chi connectivity index (χ0v) is 22.7. The van der Waals surface area contributed by atoms with Gasteiger partial charge in [0.1, 0.15) is 18.0 Å². The Hall–Kier alpha value is -5.72. The molecule has 43 heavy (non-hydrogen) atoms. The van der Waals surface area contributed by atoms with E-state index in [1.807, 2.05) is 12.2 Å². The lowest BCUT2D eigenvalue weighted by Crippen LogP contribution is -2.52. The first kappa shape index (κ1) is 28.8. The second-order valence-electron chi connectivity index (χ2n) is 10.1. The van der Waals surface area contributed by atoms with Crippen molar-refractivity contribution in [1.82, 2.24) is 10.0 Å². The van der Waals surface area contributed by atoms with E-state index in [0.29, 0.717) is 17.9 Å². The van der Waals surface area contributed by atoms with Gasteiger partial charge >= 0.3 is 0 Å². The average Bonchev–Trinajstić information content (AvgIpc) is 3.26. The minimum Gasteiger partial charge on any atom is -0.457 e. The van der Waals surface area contributed by atoms with E-state index in [-0.39, 0.29) is 28.4 Å². The second-order valence-corrected chi connectivity index (χ2v) is 10.1. The van der Waals surface area contributed by atoms with Crippen molar-refractivity contribution in [2.45, 2.75) is 13.3 Å². The molecule has 13 nitrogen and oxygen atoms in total. The minimum absolute atomic E-state index is 0.0492.